The van der Waals surface area contributed by atoms with Gasteiger partial charge in [0.15, 0.2) is 12.8 Å². The normalized spacial score (nSPS) is 24.1. The van der Waals surface area contributed by atoms with Crippen LogP contribution in [0.5, 0.6) is 0 Å². The Morgan fingerprint density at radius 3 is 1.32 bits per heavy atom. The van der Waals surface area contributed by atoms with Crippen LogP contribution in [-0.4, -0.2) is 79.6 Å². The molecular formula is C46H67N3O7. The summed E-state index contributed by atoms with van der Waals surface area (Å²) in [7, 11) is 0. The molecule has 10 heteroatoms. The van der Waals surface area contributed by atoms with Crippen LogP contribution in [-0.2, 0) is 25.7 Å². The highest BCUT2D eigenvalue weighted by atomic mass is 16.7. The second kappa shape index (κ2) is 17.3. The van der Waals surface area contributed by atoms with E-state index < -0.39 is 0 Å². The molecule has 0 aromatic heterocycles. The number of carbonyl (C=O) groups excluding carboxylic acids is 2. The second-order valence-electron chi connectivity index (χ2n) is 19.5. The second-order valence-corrected chi connectivity index (χ2v) is 19.5. The van der Waals surface area contributed by atoms with E-state index in [1.54, 1.807) is 48.5 Å². The van der Waals surface area contributed by atoms with Crippen molar-refractivity contribution in [2.45, 2.75) is 198 Å². The molecule has 0 unspecified atom stereocenters. The Bertz CT molecular complexity index is 1640. The molecule has 0 amide bonds. The SMILES string of the molecule is CC1(C)CC(OC(=O)c2ccc(/C=[N+](\[O-])Cc3ccc(C(=O)OC4CC(C)(C)N(OC5CCCCC5)C(C)(C)C4)cc3)cc2)CC(C)(C)N1OC1CCCCC1. The number of hydroxylamine groups is 5. The predicted molar refractivity (Wildman–Crippen MR) is 218 cm³/mol. The largest absolute Gasteiger partial charge is 0.624 e. The first kappa shape index (κ1) is 42.3. The molecule has 2 aromatic rings. The molecule has 2 aliphatic carbocycles. The van der Waals surface area contributed by atoms with Crippen molar-refractivity contribution >= 4 is 18.2 Å². The van der Waals surface area contributed by atoms with Gasteiger partial charge in [-0.25, -0.2) is 14.3 Å². The third-order valence-electron chi connectivity index (χ3n) is 12.2. The van der Waals surface area contributed by atoms with E-state index in [0.717, 1.165) is 36.0 Å². The van der Waals surface area contributed by atoms with Gasteiger partial charge in [0.2, 0.25) is 0 Å². The van der Waals surface area contributed by atoms with E-state index in [1.807, 2.05) is 0 Å². The molecule has 4 aliphatic rings. The van der Waals surface area contributed by atoms with Crippen molar-refractivity contribution in [1.29, 1.82) is 0 Å². The molecule has 4 fully saturated rings. The molecule has 2 saturated heterocycles. The molecule has 0 bridgehead atoms. The lowest BCUT2D eigenvalue weighted by Gasteiger charge is -2.54. The van der Waals surface area contributed by atoms with E-state index in [9.17, 15) is 14.8 Å². The summed E-state index contributed by atoms with van der Waals surface area (Å²) in [6.07, 6.45) is 16.1. The van der Waals surface area contributed by atoms with E-state index in [2.05, 4.69) is 65.5 Å². The van der Waals surface area contributed by atoms with Gasteiger partial charge in [0.1, 0.15) is 12.2 Å². The molecule has 2 aliphatic heterocycles. The predicted octanol–water partition coefficient (Wildman–Crippen LogP) is 9.70. The molecular weight excluding hydrogens is 707 g/mol. The average Bonchev–Trinajstić information content (AvgIpc) is 3.12. The van der Waals surface area contributed by atoms with Crippen LogP contribution in [0.4, 0.5) is 0 Å². The highest BCUT2D eigenvalue weighted by molar-refractivity contribution is 5.90. The van der Waals surface area contributed by atoms with Gasteiger partial charge < -0.3 is 14.7 Å². The number of piperidine rings is 2. The summed E-state index contributed by atoms with van der Waals surface area (Å²) < 4.78 is 13.0. The first-order valence-electron chi connectivity index (χ1n) is 21.2. The van der Waals surface area contributed by atoms with Crippen molar-refractivity contribution in [2.75, 3.05) is 0 Å². The zero-order chi connectivity index (χ0) is 40.3. The van der Waals surface area contributed by atoms with E-state index >= 15 is 0 Å². The van der Waals surface area contributed by atoms with Gasteiger partial charge in [-0.1, -0.05) is 50.7 Å². The molecule has 0 atom stereocenters. The smallest absolute Gasteiger partial charge is 0.338 e. The Balaban J connectivity index is 0.984. The van der Waals surface area contributed by atoms with Gasteiger partial charge in [-0.2, -0.15) is 10.1 Å². The Morgan fingerprint density at radius 2 is 0.946 bits per heavy atom. The van der Waals surface area contributed by atoms with Crippen LogP contribution in [0.1, 0.15) is 177 Å². The fourth-order valence-corrected chi connectivity index (χ4v) is 10.0. The van der Waals surface area contributed by atoms with Crippen LogP contribution in [0.25, 0.3) is 0 Å². The Morgan fingerprint density at radius 1 is 0.589 bits per heavy atom. The van der Waals surface area contributed by atoms with E-state index in [0.29, 0.717) is 42.4 Å². The molecule has 2 heterocycles. The lowest BCUT2D eigenvalue weighted by Crippen LogP contribution is -2.63. The number of carbonyl (C=O) groups is 2. The van der Waals surface area contributed by atoms with Crippen molar-refractivity contribution in [3.63, 3.8) is 0 Å². The molecule has 56 heavy (non-hydrogen) atoms. The first-order chi connectivity index (χ1) is 26.4. The summed E-state index contributed by atoms with van der Waals surface area (Å²) >= 11 is 0. The lowest BCUT2D eigenvalue weighted by atomic mass is 9.80. The van der Waals surface area contributed by atoms with Gasteiger partial charge in [-0.3, -0.25) is 9.68 Å². The Labute approximate surface area is 335 Å². The van der Waals surface area contributed by atoms with Crippen molar-refractivity contribution in [2.24, 2.45) is 0 Å². The van der Waals surface area contributed by atoms with Crippen molar-refractivity contribution in [1.82, 2.24) is 10.1 Å². The summed E-state index contributed by atoms with van der Waals surface area (Å²) in [5.41, 5.74) is 1.19. The topological polar surface area (TPSA) is 104 Å². The van der Waals surface area contributed by atoms with Crippen molar-refractivity contribution in [3.8, 4) is 0 Å². The zero-order valence-corrected chi connectivity index (χ0v) is 35.3. The van der Waals surface area contributed by atoms with Crippen LogP contribution in [0.2, 0.25) is 0 Å². The fourth-order valence-electron chi connectivity index (χ4n) is 10.0. The molecule has 0 N–H and O–H groups in total. The summed E-state index contributed by atoms with van der Waals surface area (Å²) in [5.74, 6) is -0.727. The molecule has 0 spiro atoms. The lowest BCUT2D eigenvalue weighted by molar-refractivity contribution is -0.469. The number of esters is 2. The van der Waals surface area contributed by atoms with E-state index in [4.69, 9.17) is 19.1 Å². The molecule has 6 rings (SSSR count). The standard InChI is InChI=1S/C46H67N3O7/c1-43(2)27-39(28-44(3,4)48(43)55-37-15-11-9-12-16-37)53-41(50)35-23-19-33(20-24-35)31-47(52)32-34-21-25-36(26-22-34)42(51)54-40-29-45(5,6)49(46(7,8)30-40)56-38-17-13-10-14-18-38/h19-26,31,37-40H,9-18,27-30,32H2,1-8H3/b47-31-. The highest BCUT2D eigenvalue weighted by Crippen LogP contribution is 2.43. The van der Waals surface area contributed by atoms with Gasteiger partial charge in [0, 0.05) is 59.0 Å². The van der Waals surface area contributed by atoms with Gasteiger partial charge in [0.25, 0.3) is 0 Å². The molecule has 2 saturated carbocycles. The number of hydrogen-bond donors (Lipinski definition) is 0. The number of rotatable bonds is 11. The van der Waals surface area contributed by atoms with Gasteiger partial charge in [-0.15, -0.1) is 0 Å². The summed E-state index contributed by atoms with van der Waals surface area (Å²) in [6, 6.07) is 13.9. The van der Waals surface area contributed by atoms with Crippen LogP contribution >= 0.6 is 0 Å². The van der Waals surface area contributed by atoms with E-state index in [-0.39, 0.29) is 65.1 Å². The van der Waals surface area contributed by atoms with Crippen LogP contribution in [0.15, 0.2) is 48.5 Å². The maximum Gasteiger partial charge on any atom is 0.338 e. The molecule has 2 aromatic carbocycles. The first-order valence-corrected chi connectivity index (χ1v) is 21.2. The minimum atomic E-state index is -0.367. The third kappa shape index (κ3) is 10.6. The summed E-state index contributed by atoms with van der Waals surface area (Å²) in [6.45, 7) is 17.4. The van der Waals surface area contributed by atoms with E-state index in [1.165, 1.54) is 44.7 Å². The van der Waals surface area contributed by atoms with Crippen LogP contribution in [0, 0.1) is 5.21 Å². The quantitative estimate of drug-likeness (QED) is 0.0726. The fraction of sp³-hybridized carbons (Fsp3) is 0.674. The van der Waals surface area contributed by atoms with Gasteiger partial charge in [-0.05, 0) is 117 Å². The zero-order valence-electron chi connectivity index (χ0n) is 35.3. The summed E-state index contributed by atoms with van der Waals surface area (Å²) in [4.78, 5) is 39.7. The Kier molecular flexibility index (Phi) is 13.0. The maximum atomic E-state index is 13.2. The van der Waals surface area contributed by atoms with Gasteiger partial charge in [0.05, 0.1) is 23.3 Å². The minimum absolute atomic E-state index is 0.107. The molecule has 308 valence electrons. The minimum Gasteiger partial charge on any atom is -0.624 e. The van der Waals surface area contributed by atoms with Gasteiger partial charge >= 0.3 is 11.9 Å². The van der Waals surface area contributed by atoms with Crippen molar-refractivity contribution < 1.29 is 33.5 Å². The summed E-state index contributed by atoms with van der Waals surface area (Å²) in [5, 5.41) is 17.3. The maximum absolute atomic E-state index is 13.2. The highest BCUT2D eigenvalue weighted by Gasteiger charge is 2.50. The Hall–Kier alpha value is -3.31. The number of ether oxygens (including phenoxy) is 2. The number of benzene rings is 2. The molecule has 0 radical (unpaired) electrons. The number of nitrogens with zero attached hydrogens (tertiary/aromatic N) is 3. The van der Waals surface area contributed by atoms with Crippen molar-refractivity contribution in [3.05, 3.63) is 76.0 Å². The van der Waals surface area contributed by atoms with Crippen LogP contribution in [0.3, 0.4) is 0 Å². The third-order valence-corrected chi connectivity index (χ3v) is 12.2. The van der Waals surface area contributed by atoms with Crippen LogP contribution < -0.4 is 0 Å². The molecule has 10 nitrogen and oxygen atoms in total. The average molecular weight is 774 g/mol. The monoisotopic (exact) mass is 773 g/mol. The number of hydrogen-bond acceptors (Lipinski definition) is 9.